The lowest BCUT2D eigenvalue weighted by Crippen LogP contribution is -2.22. The van der Waals surface area contributed by atoms with E-state index in [-0.39, 0.29) is 0 Å². The highest BCUT2D eigenvalue weighted by Gasteiger charge is 2.25. The van der Waals surface area contributed by atoms with E-state index in [2.05, 4.69) is 37.3 Å². The van der Waals surface area contributed by atoms with Gasteiger partial charge in [0.15, 0.2) is 23.3 Å². The number of rotatable bonds is 3. The normalized spacial score (nSPS) is 13.0. The summed E-state index contributed by atoms with van der Waals surface area (Å²) in [5.41, 5.74) is 10.1. The van der Waals surface area contributed by atoms with E-state index in [9.17, 15) is 0 Å². The zero-order valence-electron chi connectivity index (χ0n) is 13.7. The molecule has 2 aromatic heterocycles. The first-order valence-electron chi connectivity index (χ1n) is 7.85. The number of fused-ring (bicyclic) bond motifs is 1. The molecular weight excluding hydrogens is 302 g/mol. The summed E-state index contributed by atoms with van der Waals surface area (Å²) < 4.78 is 0. The average Bonchev–Trinajstić information content (AvgIpc) is 3.13. The minimum atomic E-state index is 0.442. The van der Waals surface area contributed by atoms with Gasteiger partial charge in [-0.3, -0.25) is 0 Å². The van der Waals surface area contributed by atoms with Gasteiger partial charge < -0.3 is 20.9 Å². The number of H-pyrrole nitrogens is 1. The van der Waals surface area contributed by atoms with E-state index in [1.54, 1.807) is 0 Å². The first kappa shape index (κ1) is 14.5. The number of aromatic amines is 1. The number of nitrogen functional groups attached to an aromatic ring is 1. The van der Waals surface area contributed by atoms with E-state index in [1.807, 2.05) is 32.0 Å². The molecule has 0 saturated carbocycles. The summed E-state index contributed by atoms with van der Waals surface area (Å²) in [4.78, 5) is 18.9. The Labute approximate surface area is 140 Å². The largest absolute Gasteiger partial charge is 0.382 e. The lowest BCUT2D eigenvalue weighted by molar-refractivity contribution is 0.855. The van der Waals surface area contributed by atoms with Gasteiger partial charge in [0.1, 0.15) is 5.69 Å². The van der Waals surface area contributed by atoms with Gasteiger partial charge >= 0.3 is 0 Å². The van der Waals surface area contributed by atoms with E-state index in [0.717, 1.165) is 29.4 Å². The third-order valence-corrected chi connectivity index (χ3v) is 4.22. The molecule has 0 fully saturated rings. The van der Waals surface area contributed by atoms with Gasteiger partial charge in [-0.15, -0.1) is 0 Å². The zero-order chi connectivity index (χ0) is 16.7. The number of aryl methyl sites for hydroxylation is 2. The van der Waals surface area contributed by atoms with E-state index >= 15 is 0 Å². The molecule has 0 amide bonds. The minimum absolute atomic E-state index is 0.442. The Hall–Kier alpha value is -3.09. The number of aromatic nitrogens is 4. The Bertz CT molecular complexity index is 866. The Balaban J connectivity index is 1.72. The van der Waals surface area contributed by atoms with Crippen LogP contribution in [0.5, 0.6) is 0 Å². The molecule has 0 saturated heterocycles. The maximum Gasteiger partial charge on any atom is 0.199 e. The number of hydrogen-bond acceptors (Lipinski definition) is 6. The maximum absolute atomic E-state index is 6.13. The minimum Gasteiger partial charge on any atom is -0.382 e. The highest BCUT2D eigenvalue weighted by Crippen LogP contribution is 2.35. The van der Waals surface area contributed by atoms with Crippen LogP contribution in [0.15, 0.2) is 30.3 Å². The summed E-state index contributed by atoms with van der Waals surface area (Å²) in [6.45, 7) is 5.34. The van der Waals surface area contributed by atoms with Crippen LogP contribution >= 0.6 is 0 Å². The highest BCUT2D eigenvalue weighted by atomic mass is 15.3. The van der Waals surface area contributed by atoms with Gasteiger partial charge in [-0.2, -0.15) is 0 Å². The second kappa shape index (κ2) is 5.52. The summed E-state index contributed by atoms with van der Waals surface area (Å²) >= 11 is 0. The van der Waals surface area contributed by atoms with Crippen LogP contribution in [0.4, 0.5) is 17.3 Å². The summed E-state index contributed by atoms with van der Waals surface area (Å²) in [5, 5.41) is 3.28. The van der Waals surface area contributed by atoms with Crippen molar-refractivity contribution >= 4 is 17.3 Å². The number of nitrogens with zero attached hydrogens (tertiary/aromatic N) is 4. The number of imidazole rings is 1. The van der Waals surface area contributed by atoms with Gasteiger partial charge in [-0.1, -0.05) is 30.3 Å². The molecule has 0 aliphatic carbocycles. The summed E-state index contributed by atoms with van der Waals surface area (Å²) in [6, 6.07) is 10.3. The van der Waals surface area contributed by atoms with Crippen molar-refractivity contribution in [2.45, 2.75) is 20.4 Å². The Kier molecular flexibility index (Phi) is 3.34. The fraction of sp³-hybridized carbons (Fsp3) is 0.235. The monoisotopic (exact) mass is 321 g/mol. The second-order valence-electron chi connectivity index (χ2n) is 5.95. The first-order chi connectivity index (χ1) is 11.6. The molecule has 0 bridgehead atoms. The second-order valence-corrected chi connectivity index (χ2v) is 5.95. The fourth-order valence-electron chi connectivity index (χ4n) is 2.81. The van der Waals surface area contributed by atoms with Crippen molar-refractivity contribution in [3.8, 4) is 11.6 Å². The van der Waals surface area contributed by atoms with Gasteiger partial charge in [-0.05, 0) is 19.4 Å². The topological polar surface area (TPSA) is 95.8 Å². The first-order valence-corrected chi connectivity index (χ1v) is 7.85. The molecule has 0 unspecified atom stereocenters. The molecule has 4 rings (SSSR count). The van der Waals surface area contributed by atoms with Gasteiger partial charge in [0.05, 0.1) is 12.4 Å². The van der Waals surface area contributed by atoms with E-state index in [0.29, 0.717) is 24.1 Å². The van der Waals surface area contributed by atoms with Crippen molar-refractivity contribution in [3.63, 3.8) is 0 Å². The SMILES string of the molecule is Cc1nc(-c2nc(N)c3c(n2)N(Cc2ccccc2)CN3)[nH]c1C. The number of nitrogens with one attached hydrogen (secondary N) is 2. The standard InChI is InChI=1S/C17H19N7/c1-10-11(2)21-15(20-10)16-22-14(18)13-17(23-16)24(9-19-13)8-12-6-4-3-5-7-12/h3-7,19H,8-9H2,1-2H3,(H,20,21)(H2,18,22,23). The summed E-state index contributed by atoms with van der Waals surface area (Å²) in [5.74, 6) is 2.42. The Morgan fingerprint density at radius 3 is 2.62 bits per heavy atom. The van der Waals surface area contributed by atoms with Crippen LogP contribution in [0.2, 0.25) is 0 Å². The van der Waals surface area contributed by atoms with Crippen LogP contribution in [0.25, 0.3) is 11.6 Å². The van der Waals surface area contributed by atoms with E-state index in [4.69, 9.17) is 10.7 Å². The van der Waals surface area contributed by atoms with Crippen LogP contribution in [-0.4, -0.2) is 26.6 Å². The maximum atomic E-state index is 6.13. The summed E-state index contributed by atoms with van der Waals surface area (Å²) in [7, 11) is 0. The average molecular weight is 321 g/mol. The van der Waals surface area contributed by atoms with Crippen LogP contribution in [0, 0.1) is 13.8 Å². The van der Waals surface area contributed by atoms with Crippen molar-refractivity contribution in [3.05, 3.63) is 47.3 Å². The van der Waals surface area contributed by atoms with Crippen molar-refractivity contribution in [1.29, 1.82) is 0 Å². The van der Waals surface area contributed by atoms with Crippen LogP contribution in [-0.2, 0) is 6.54 Å². The molecule has 1 aliphatic rings. The predicted molar refractivity (Wildman–Crippen MR) is 94.6 cm³/mol. The molecule has 3 aromatic rings. The molecular formula is C17H19N7. The van der Waals surface area contributed by atoms with Crippen molar-refractivity contribution in [1.82, 2.24) is 19.9 Å². The lowest BCUT2D eigenvalue weighted by atomic mass is 10.2. The van der Waals surface area contributed by atoms with Gasteiger partial charge in [0.25, 0.3) is 0 Å². The Morgan fingerprint density at radius 1 is 1.12 bits per heavy atom. The van der Waals surface area contributed by atoms with Crippen molar-refractivity contribution < 1.29 is 0 Å². The fourth-order valence-corrected chi connectivity index (χ4v) is 2.81. The predicted octanol–water partition coefficient (Wildman–Crippen LogP) is 2.46. The van der Waals surface area contributed by atoms with Crippen LogP contribution in [0.3, 0.4) is 0 Å². The third kappa shape index (κ3) is 2.44. The number of nitrogens with two attached hydrogens (primary N) is 1. The molecule has 0 spiro atoms. The van der Waals surface area contributed by atoms with E-state index in [1.165, 1.54) is 5.56 Å². The number of hydrogen-bond donors (Lipinski definition) is 3. The molecule has 24 heavy (non-hydrogen) atoms. The molecule has 0 atom stereocenters. The summed E-state index contributed by atoms with van der Waals surface area (Å²) in [6.07, 6.45) is 0. The van der Waals surface area contributed by atoms with Crippen LogP contribution < -0.4 is 16.0 Å². The smallest absolute Gasteiger partial charge is 0.199 e. The molecule has 4 N–H and O–H groups in total. The number of anilines is 3. The lowest BCUT2D eigenvalue weighted by Gasteiger charge is -2.17. The van der Waals surface area contributed by atoms with Crippen LogP contribution in [0.1, 0.15) is 17.0 Å². The molecule has 1 aliphatic heterocycles. The van der Waals surface area contributed by atoms with Gasteiger partial charge in [0, 0.05) is 12.2 Å². The molecule has 7 heteroatoms. The Morgan fingerprint density at radius 2 is 1.92 bits per heavy atom. The highest BCUT2D eigenvalue weighted by molar-refractivity contribution is 5.81. The molecule has 122 valence electrons. The number of benzene rings is 1. The molecule has 1 aromatic carbocycles. The molecule has 7 nitrogen and oxygen atoms in total. The molecule has 3 heterocycles. The zero-order valence-corrected chi connectivity index (χ0v) is 13.7. The third-order valence-electron chi connectivity index (χ3n) is 4.22. The van der Waals surface area contributed by atoms with Crippen molar-refractivity contribution in [2.75, 3.05) is 22.6 Å². The quantitative estimate of drug-likeness (QED) is 0.686. The van der Waals surface area contributed by atoms with Crippen molar-refractivity contribution in [2.24, 2.45) is 0 Å². The van der Waals surface area contributed by atoms with Gasteiger partial charge in [-0.25, -0.2) is 15.0 Å². The molecule has 0 radical (unpaired) electrons. The van der Waals surface area contributed by atoms with E-state index < -0.39 is 0 Å². The van der Waals surface area contributed by atoms with Gasteiger partial charge in [0.2, 0.25) is 0 Å².